The molecule has 16 heavy (non-hydrogen) atoms. The fourth-order valence-electron chi connectivity index (χ4n) is 1.55. The second-order valence-corrected chi connectivity index (χ2v) is 4.36. The van der Waals surface area contributed by atoms with E-state index in [1.807, 2.05) is 37.4 Å². The molecule has 0 spiro atoms. The Kier molecular flexibility index (Phi) is 3.19. The van der Waals surface area contributed by atoms with Crippen LogP contribution >= 0.6 is 15.9 Å². The number of carbonyl (C=O) groups excluding carboxylic acids is 1. The van der Waals surface area contributed by atoms with Crippen molar-refractivity contribution < 1.29 is 4.79 Å². The number of aldehydes is 1. The molecule has 2 aromatic rings. The zero-order valence-electron chi connectivity index (χ0n) is 8.85. The monoisotopic (exact) mass is 278 g/mol. The predicted octanol–water partition coefficient (Wildman–Crippen LogP) is 2.68. The highest BCUT2D eigenvalue weighted by Gasteiger charge is 2.07. The number of nitrogens with zero attached hydrogens (tertiary/aromatic N) is 2. The number of rotatable bonds is 3. The van der Waals surface area contributed by atoms with Gasteiger partial charge in [0.05, 0.1) is 11.4 Å². The average molecular weight is 279 g/mol. The lowest BCUT2D eigenvalue weighted by atomic mass is 10.2. The van der Waals surface area contributed by atoms with Crippen molar-refractivity contribution in [3.8, 4) is 5.69 Å². The molecule has 0 unspecified atom stereocenters. The van der Waals surface area contributed by atoms with Gasteiger partial charge in [0, 0.05) is 22.7 Å². The Bertz CT molecular complexity index is 519. The van der Waals surface area contributed by atoms with Crippen molar-refractivity contribution >= 4 is 22.2 Å². The van der Waals surface area contributed by atoms with E-state index in [9.17, 15) is 4.79 Å². The van der Waals surface area contributed by atoms with Gasteiger partial charge in [-0.25, -0.2) is 4.68 Å². The van der Waals surface area contributed by atoms with Gasteiger partial charge in [-0.2, -0.15) is 5.10 Å². The van der Waals surface area contributed by atoms with E-state index < -0.39 is 0 Å². The summed E-state index contributed by atoms with van der Waals surface area (Å²) in [5.74, 6) is 0. The summed E-state index contributed by atoms with van der Waals surface area (Å²) in [6.07, 6.45) is 3.20. The molecule has 0 saturated carbocycles. The molecular formula is C12H11BrN2O. The Morgan fingerprint density at radius 1 is 1.44 bits per heavy atom. The Morgan fingerprint density at radius 3 is 2.88 bits per heavy atom. The molecule has 0 aliphatic heterocycles. The molecule has 1 heterocycles. The average Bonchev–Trinajstić information content (AvgIpc) is 2.61. The van der Waals surface area contributed by atoms with E-state index in [-0.39, 0.29) is 0 Å². The molecule has 0 fully saturated rings. The number of hydrogen-bond acceptors (Lipinski definition) is 2. The maximum Gasteiger partial charge on any atom is 0.124 e. The van der Waals surface area contributed by atoms with Crippen LogP contribution in [0.2, 0.25) is 0 Å². The second-order valence-electron chi connectivity index (χ2n) is 3.51. The van der Waals surface area contributed by atoms with E-state index in [0.29, 0.717) is 6.42 Å². The van der Waals surface area contributed by atoms with E-state index in [1.54, 1.807) is 4.68 Å². The van der Waals surface area contributed by atoms with Crippen LogP contribution in [0.4, 0.5) is 0 Å². The van der Waals surface area contributed by atoms with Gasteiger partial charge in [0.1, 0.15) is 6.29 Å². The van der Waals surface area contributed by atoms with Gasteiger partial charge in [0.15, 0.2) is 0 Å². The van der Waals surface area contributed by atoms with Crippen LogP contribution < -0.4 is 0 Å². The minimum absolute atomic E-state index is 0.413. The minimum atomic E-state index is 0.413. The lowest BCUT2D eigenvalue weighted by Gasteiger charge is -2.02. The number of benzene rings is 1. The Labute approximate surface area is 102 Å². The van der Waals surface area contributed by atoms with E-state index in [2.05, 4.69) is 21.0 Å². The Hall–Kier alpha value is -1.42. The van der Waals surface area contributed by atoms with Crippen LogP contribution in [0.5, 0.6) is 0 Å². The van der Waals surface area contributed by atoms with Crippen molar-refractivity contribution in [1.82, 2.24) is 9.78 Å². The molecule has 82 valence electrons. The van der Waals surface area contributed by atoms with E-state index in [1.165, 1.54) is 0 Å². The third-order valence-corrected chi connectivity index (χ3v) is 3.07. The van der Waals surface area contributed by atoms with Gasteiger partial charge >= 0.3 is 0 Å². The van der Waals surface area contributed by atoms with Crippen molar-refractivity contribution in [1.29, 1.82) is 0 Å². The number of hydrogen-bond donors (Lipinski definition) is 0. The third kappa shape index (κ3) is 2.07. The van der Waals surface area contributed by atoms with Crippen LogP contribution in [-0.2, 0) is 11.2 Å². The summed E-state index contributed by atoms with van der Waals surface area (Å²) < 4.78 is 2.77. The molecule has 2 rings (SSSR count). The van der Waals surface area contributed by atoms with Gasteiger partial charge in [0.2, 0.25) is 0 Å². The summed E-state index contributed by atoms with van der Waals surface area (Å²) in [4.78, 5) is 10.5. The molecule has 0 aliphatic carbocycles. The summed E-state index contributed by atoms with van der Waals surface area (Å²) in [7, 11) is 0. The van der Waals surface area contributed by atoms with Crippen molar-refractivity contribution in [2.45, 2.75) is 13.3 Å². The molecule has 0 bridgehead atoms. The van der Waals surface area contributed by atoms with Gasteiger partial charge in [-0.05, 0) is 35.0 Å². The number of halogens is 1. The third-order valence-electron chi connectivity index (χ3n) is 2.40. The van der Waals surface area contributed by atoms with Gasteiger partial charge in [-0.15, -0.1) is 0 Å². The van der Waals surface area contributed by atoms with Crippen molar-refractivity contribution in [2.75, 3.05) is 0 Å². The number of para-hydroxylation sites is 1. The quantitative estimate of drug-likeness (QED) is 0.810. The van der Waals surface area contributed by atoms with Gasteiger partial charge in [-0.1, -0.05) is 12.1 Å². The highest BCUT2D eigenvalue weighted by atomic mass is 79.9. The largest absolute Gasteiger partial charge is 0.303 e. The van der Waals surface area contributed by atoms with E-state index in [4.69, 9.17) is 0 Å². The number of aromatic nitrogens is 2. The van der Waals surface area contributed by atoms with Crippen LogP contribution in [0.25, 0.3) is 5.69 Å². The molecule has 0 N–H and O–H groups in total. The van der Waals surface area contributed by atoms with Crippen LogP contribution in [0.15, 0.2) is 34.9 Å². The second kappa shape index (κ2) is 4.61. The molecule has 0 atom stereocenters. The molecule has 0 amide bonds. The molecular weight excluding hydrogens is 268 g/mol. The van der Waals surface area contributed by atoms with E-state index in [0.717, 1.165) is 27.7 Å². The normalized spacial score (nSPS) is 10.4. The van der Waals surface area contributed by atoms with Crippen LogP contribution in [-0.4, -0.2) is 16.1 Å². The van der Waals surface area contributed by atoms with Gasteiger partial charge in [0.25, 0.3) is 0 Å². The summed E-state index contributed by atoms with van der Waals surface area (Å²) in [6.45, 7) is 1.91. The maximum atomic E-state index is 10.5. The Morgan fingerprint density at radius 2 is 2.19 bits per heavy atom. The standard InChI is InChI=1S/C12H11BrN2O/c1-9-10(6-7-16)8-15(14-9)12-5-3-2-4-11(12)13/h2-5,7-8H,6H2,1H3. The number of aryl methyl sites for hydroxylation is 1. The van der Waals surface area contributed by atoms with Crippen LogP contribution in [0.3, 0.4) is 0 Å². The lowest BCUT2D eigenvalue weighted by Crippen LogP contribution is -1.95. The first kappa shape index (κ1) is 11.1. The maximum absolute atomic E-state index is 10.5. The predicted molar refractivity (Wildman–Crippen MR) is 65.8 cm³/mol. The smallest absolute Gasteiger partial charge is 0.124 e. The summed E-state index contributed by atoms with van der Waals surface area (Å²) in [6, 6.07) is 7.85. The van der Waals surface area contributed by atoms with E-state index >= 15 is 0 Å². The SMILES string of the molecule is Cc1nn(-c2ccccc2Br)cc1CC=O. The molecule has 0 saturated heterocycles. The molecule has 0 radical (unpaired) electrons. The molecule has 0 aliphatic rings. The lowest BCUT2D eigenvalue weighted by molar-refractivity contribution is -0.107. The fourth-order valence-corrected chi connectivity index (χ4v) is 2.01. The van der Waals surface area contributed by atoms with Crippen LogP contribution in [0, 0.1) is 6.92 Å². The summed E-state index contributed by atoms with van der Waals surface area (Å²) in [5, 5.41) is 4.39. The zero-order valence-corrected chi connectivity index (χ0v) is 10.4. The Balaban J connectivity index is 2.45. The first-order valence-corrected chi connectivity index (χ1v) is 5.75. The first-order valence-electron chi connectivity index (χ1n) is 4.96. The van der Waals surface area contributed by atoms with Crippen LogP contribution in [0.1, 0.15) is 11.3 Å². The zero-order chi connectivity index (χ0) is 11.5. The summed E-state index contributed by atoms with van der Waals surface area (Å²) in [5.41, 5.74) is 2.83. The minimum Gasteiger partial charge on any atom is -0.303 e. The molecule has 1 aromatic carbocycles. The van der Waals surface area contributed by atoms with Gasteiger partial charge < -0.3 is 4.79 Å². The first-order chi connectivity index (χ1) is 7.72. The van der Waals surface area contributed by atoms with Crippen molar-refractivity contribution in [3.05, 3.63) is 46.2 Å². The fraction of sp³-hybridized carbons (Fsp3) is 0.167. The van der Waals surface area contributed by atoms with Gasteiger partial charge in [-0.3, -0.25) is 0 Å². The highest BCUT2D eigenvalue weighted by Crippen LogP contribution is 2.21. The molecule has 3 nitrogen and oxygen atoms in total. The van der Waals surface area contributed by atoms with Crippen molar-refractivity contribution in [2.24, 2.45) is 0 Å². The molecule has 1 aromatic heterocycles. The number of carbonyl (C=O) groups is 1. The molecule has 4 heteroatoms. The topological polar surface area (TPSA) is 34.9 Å². The highest BCUT2D eigenvalue weighted by molar-refractivity contribution is 9.10. The summed E-state index contributed by atoms with van der Waals surface area (Å²) >= 11 is 3.48. The van der Waals surface area contributed by atoms with Crippen molar-refractivity contribution in [3.63, 3.8) is 0 Å².